The fraction of sp³-hybridized carbons (Fsp3) is 0.0667. The van der Waals surface area contributed by atoms with Crippen molar-refractivity contribution in [1.82, 2.24) is 0 Å². The predicted octanol–water partition coefficient (Wildman–Crippen LogP) is 7.07. The SMILES string of the molecule is O=C1Cc2cc(-c3cc(C(=O)c4ccc(Br)cc4)c4c(c3)C(Cl)C(=O)N4)cc(C(=O)c3ccc(Br)cc3)c2N1. The van der Waals surface area contributed by atoms with E-state index in [1.807, 2.05) is 6.07 Å². The van der Waals surface area contributed by atoms with Crippen molar-refractivity contribution in [3.05, 3.63) is 115 Å². The summed E-state index contributed by atoms with van der Waals surface area (Å²) in [6, 6.07) is 20.9. The van der Waals surface area contributed by atoms with Crippen molar-refractivity contribution in [3.8, 4) is 11.1 Å². The van der Waals surface area contributed by atoms with E-state index in [1.54, 1.807) is 66.7 Å². The molecule has 9 heteroatoms. The first-order valence-electron chi connectivity index (χ1n) is 11.9. The average Bonchev–Trinajstić information content (AvgIpc) is 3.45. The van der Waals surface area contributed by atoms with Crippen LogP contribution >= 0.6 is 43.5 Å². The molecule has 0 spiro atoms. The predicted molar refractivity (Wildman–Crippen MR) is 157 cm³/mol. The van der Waals surface area contributed by atoms with Crippen molar-refractivity contribution < 1.29 is 19.2 Å². The Balaban J connectivity index is 1.52. The van der Waals surface area contributed by atoms with Gasteiger partial charge in [0.15, 0.2) is 11.6 Å². The van der Waals surface area contributed by atoms with Crippen molar-refractivity contribution in [2.24, 2.45) is 0 Å². The summed E-state index contributed by atoms with van der Waals surface area (Å²) in [5.74, 6) is -1.15. The summed E-state index contributed by atoms with van der Waals surface area (Å²) in [5, 5.41) is 4.59. The molecule has 0 saturated heterocycles. The number of hydrogen-bond acceptors (Lipinski definition) is 4. The molecule has 1 unspecified atom stereocenters. The molecule has 0 bridgehead atoms. The highest BCUT2D eigenvalue weighted by molar-refractivity contribution is 9.10. The van der Waals surface area contributed by atoms with E-state index >= 15 is 0 Å². The van der Waals surface area contributed by atoms with Gasteiger partial charge in [-0.1, -0.05) is 31.9 Å². The lowest BCUT2D eigenvalue weighted by Crippen LogP contribution is -2.09. The van der Waals surface area contributed by atoms with Gasteiger partial charge >= 0.3 is 0 Å². The molecule has 0 fully saturated rings. The molecular formula is C30H17Br2ClN2O4. The third kappa shape index (κ3) is 4.62. The first kappa shape index (κ1) is 25.7. The molecule has 0 aliphatic carbocycles. The highest BCUT2D eigenvalue weighted by atomic mass is 79.9. The lowest BCUT2D eigenvalue weighted by atomic mass is 9.90. The van der Waals surface area contributed by atoms with Crippen LogP contribution < -0.4 is 10.6 Å². The van der Waals surface area contributed by atoms with Gasteiger partial charge in [-0.2, -0.15) is 0 Å². The topological polar surface area (TPSA) is 92.3 Å². The van der Waals surface area contributed by atoms with E-state index in [1.165, 1.54) is 0 Å². The maximum Gasteiger partial charge on any atom is 0.247 e. The molecule has 4 aromatic carbocycles. The van der Waals surface area contributed by atoms with Crippen LogP contribution in [0.3, 0.4) is 0 Å². The lowest BCUT2D eigenvalue weighted by Gasteiger charge is -2.15. The molecule has 6 nitrogen and oxygen atoms in total. The second kappa shape index (κ2) is 9.86. The number of carbonyl (C=O) groups excluding carboxylic acids is 4. The van der Waals surface area contributed by atoms with Crippen LogP contribution in [0.2, 0.25) is 0 Å². The molecule has 2 amide bonds. The summed E-state index contributed by atoms with van der Waals surface area (Å²) in [5.41, 5.74) is 4.78. The molecule has 0 saturated carbocycles. The van der Waals surface area contributed by atoms with E-state index in [4.69, 9.17) is 11.6 Å². The Hall–Kier alpha value is -3.59. The van der Waals surface area contributed by atoms with Gasteiger partial charge in [-0.25, -0.2) is 0 Å². The summed E-state index contributed by atoms with van der Waals surface area (Å²) < 4.78 is 1.67. The maximum atomic E-state index is 13.6. The fourth-order valence-electron chi connectivity index (χ4n) is 4.88. The van der Waals surface area contributed by atoms with Crippen molar-refractivity contribution in [1.29, 1.82) is 0 Å². The number of alkyl halides is 1. The molecule has 2 aliphatic rings. The molecular weight excluding hydrogens is 648 g/mol. The molecule has 4 aromatic rings. The lowest BCUT2D eigenvalue weighted by molar-refractivity contribution is -0.116. The van der Waals surface area contributed by atoms with E-state index in [0.29, 0.717) is 50.3 Å². The van der Waals surface area contributed by atoms with Crippen LogP contribution in [0, 0.1) is 0 Å². The van der Waals surface area contributed by atoms with Crippen molar-refractivity contribution in [2.75, 3.05) is 10.6 Å². The van der Waals surface area contributed by atoms with Crippen LogP contribution in [-0.2, 0) is 16.0 Å². The minimum atomic E-state index is -0.974. The Kier molecular flexibility index (Phi) is 6.49. The van der Waals surface area contributed by atoms with Gasteiger partial charge in [-0.15, -0.1) is 11.6 Å². The van der Waals surface area contributed by atoms with Gasteiger partial charge in [0.05, 0.1) is 17.8 Å². The summed E-state index contributed by atoms with van der Waals surface area (Å²) in [6.45, 7) is 0. The summed E-state index contributed by atoms with van der Waals surface area (Å²) in [4.78, 5) is 52.0. The minimum absolute atomic E-state index is 0.123. The number of carbonyl (C=O) groups is 4. The zero-order valence-corrected chi connectivity index (χ0v) is 23.9. The number of halogens is 3. The number of benzene rings is 4. The number of ketones is 2. The van der Waals surface area contributed by atoms with Gasteiger partial charge in [0.1, 0.15) is 5.38 Å². The smallest absolute Gasteiger partial charge is 0.247 e. The fourth-order valence-corrected chi connectivity index (χ4v) is 5.64. The minimum Gasteiger partial charge on any atom is -0.325 e. The zero-order chi connectivity index (χ0) is 27.4. The van der Waals surface area contributed by atoms with Crippen molar-refractivity contribution in [3.63, 3.8) is 0 Å². The quantitative estimate of drug-likeness (QED) is 0.177. The Morgan fingerprint density at radius 1 is 0.718 bits per heavy atom. The second-order valence-corrected chi connectivity index (χ2v) is 11.6. The number of hydrogen-bond donors (Lipinski definition) is 2. The number of rotatable bonds is 5. The van der Waals surface area contributed by atoms with Gasteiger partial charge in [0, 0.05) is 36.8 Å². The van der Waals surface area contributed by atoms with Crippen LogP contribution in [0.15, 0.2) is 81.7 Å². The summed E-state index contributed by atoms with van der Waals surface area (Å²) in [6.07, 6.45) is 0.123. The molecule has 6 rings (SSSR count). The molecule has 39 heavy (non-hydrogen) atoms. The first-order valence-corrected chi connectivity index (χ1v) is 13.9. The molecule has 2 aliphatic heterocycles. The van der Waals surface area contributed by atoms with Gasteiger partial charge in [0.2, 0.25) is 11.8 Å². The Morgan fingerprint density at radius 3 is 1.79 bits per heavy atom. The summed E-state index contributed by atoms with van der Waals surface area (Å²) >= 11 is 13.2. The van der Waals surface area contributed by atoms with Crippen molar-refractivity contribution >= 4 is 78.2 Å². The van der Waals surface area contributed by atoms with Crippen LogP contribution in [0.25, 0.3) is 11.1 Å². The van der Waals surface area contributed by atoms with Gasteiger partial charge in [-0.3, -0.25) is 19.2 Å². The normalized spacial score (nSPS) is 15.4. The van der Waals surface area contributed by atoms with Crippen molar-refractivity contribution in [2.45, 2.75) is 11.8 Å². The average molecular weight is 665 g/mol. The number of amides is 2. The van der Waals surface area contributed by atoms with E-state index in [-0.39, 0.29) is 29.5 Å². The van der Waals surface area contributed by atoms with E-state index in [9.17, 15) is 19.2 Å². The standard InChI is InChI=1S/C30H17Br2ClN2O4/c31-19-5-1-14(2-6-19)28(37)22-11-16(9-18-13-24(36)34-26(18)22)17-10-21-25(33)30(39)35-27(21)23(12-17)29(38)15-3-7-20(32)8-4-15/h1-12,25H,13H2,(H,34,36)(H,35,39). The first-order chi connectivity index (χ1) is 18.7. The second-order valence-electron chi connectivity index (χ2n) is 9.29. The van der Waals surface area contributed by atoms with Gasteiger partial charge < -0.3 is 10.6 Å². The van der Waals surface area contributed by atoms with Crippen LogP contribution in [0.1, 0.15) is 48.3 Å². The molecule has 0 radical (unpaired) electrons. The molecule has 1 atom stereocenters. The molecule has 0 aromatic heterocycles. The zero-order valence-electron chi connectivity index (χ0n) is 20.0. The number of fused-ring (bicyclic) bond motifs is 2. The maximum absolute atomic E-state index is 13.6. The Morgan fingerprint density at radius 2 is 1.23 bits per heavy atom. The number of nitrogens with one attached hydrogen (secondary N) is 2. The highest BCUT2D eigenvalue weighted by Crippen LogP contribution is 2.43. The molecule has 2 N–H and O–H groups in total. The van der Waals surface area contributed by atoms with E-state index < -0.39 is 11.3 Å². The van der Waals surface area contributed by atoms with Crippen LogP contribution in [-0.4, -0.2) is 23.4 Å². The third-order valence-electron chi connectivity index (χ3n) is 6.79. The van der Waals surface area contributed by atoms with Gasteiger partial charge in [-0.05, 0) is 89.5 Å². The van der Waals surface area contributed by atoms with E-state index in [2.05, 4.69) is 42.5 Å². The highest BCUT2D eigenvalue weighted by Gasteiger charge is 2.34. The van der Waals surface area contributed by atoms with E-state index in [0.717, 1.165) is 8.95 Å². The number of anilines is 2. The third-order valence-corrected chi connectivity index (χ3v) is 8.28. The van der Waals surface area contributed by atoms with Gasteiger partial charge in [0.25, 0.3) is 0 Å². The summed E-state index contributed by atoms with van der Waals surface area (Å²) in [7, 11) is 0. The Bertz CT molecular complexity index is 1730. The Labute approximate surface area is 245 Å². The molecule has 192 valence electrons. The largest absolute Gasteiger partial charge is 0.325 e. The van der Waals surface area contributed by atoms with Crippen LogP contribution in [0.4, 0.5) is 11.4 Å². The monoisotopic (exact) mass is 662 g/mol. The van der Waals surface area contributed by atoms with Crippen LogP contribution in [0.5, 0.6) is 0 Å². The molecule has 2 heterocycles.